The molecule has 138 valence electrons. The number of thiophene rings is 1. The van der Waals surface area contributed by atoms with Crippen LogP contribution in [0.3, 0.4) is 0 Å². The van der Waals surface area contributed by atoms with Crippen LogP contribution < -0.4 is 4.72 Å². The van der Waals surface area contributed by atoms with E-state index >= 15 is 0 Å². The molecule has 0 aliphatic rings. The van der Waals surface area contributed by atoms with Crippen LogP contribution in [0.5, 0.6) is 0 Å². The summed E-state index contributed by atoms with van der Waals surface area (Å²) in [5.74, 6) is -0.624. The summed E-state index contributed by atoms with van der Waals surface area (Å²) in [6.07, 6.45) is 2.72. The molecule has 0 spiro atoms. The maximum atomic E-state index is 12.8. The third-order valence-electron chi connectivity index (χ3n) is 3.72. The fourth-order valence-electron chi connectivity index (χ4n) is 2.34. The lowest BCUT2D eigenvalue weighted by molar-refractivity contribution is 0.0607. The summed E-state index contributed by atoms with van der Waals surface area (Å²) in [6.45, 7) is 5.61. The molecule has 0 bridgehead atoms. The van der Waals surface area contributed by atoms with Crippen LogP contribution in [0.2, 0.25) is 0 Å². The van der Waals surface area contributed by atoms with E-state index in [0.29, 0.717) is 10.2 Å². The van der Waals surface area contributed by atoms with Gasteiger partial charge in [-0.05, 0) is 32.9 Å². The third kappa shape index (κ3) is 3.29. The molecular formula is C16H18N4O4S2. The summed E-state index contributed by atoms with van der Waals surface area (Å²) in [7, 11) is -2.68. The fraction of sp³-hybridized carbons (Fsp3) is 0.312. The maximum Gasteiger partial charge on any atom is 0.350 e. The number of pyridine rings is 1. The van der Waals surface area contributed by atoms with Crippen molar-refractivity contribution < 1.29 is 17.9 Å². The number of nitrogens with zero attached hydrogens (tertiary/aromatic N) is 3. The smallest absolute Gasteiger partial charge is 0.350 e. The molecule has 0 fully saturated rings. The van der Waals surface area contributed by atoms with Crippen LogP contribution in [0.4, 0.5) is 5.69 Å². The SMILES string of the molecule is COC(=O)c1sc2nc(C)ccc2c1NS(=O)(=O)c1cnn(C(C)C)c1. The normalized spacial score (nSPS) is 11.9. The number of carbonyl (C=O) groups is 1. The molecule has 10 heteroatoms. The standard InChI is InChI=1S/C16H18N4O4S2/c1-9(2)20-8-11(7-17-20)26(22,23)19-13-12-6-5-10(3)18-15(12)25-14(13)16(21)24-4/h5-9,19H,1-4H3. The maximum absolute atomic E-state index is 12.8. The van der Waals surface area contributed by atoms with Crippen molar-refractivity contribution in [1.29, 1.82) is 0 Å². The summed E-state index contributed by atoms with van der Waals surface area (Å²) in [6, 6.07) is 3.51. The Balaban J connectivity index is 2.10. The molecule has 0 aromatic carbocycles. The highest BCUT2D eigenvalue weighted by molar-refractivity contribution is 7.92. The van der Waals surface area contributed by atoms with Crippen molar-refractivity contribution in [2.45, 2.75) is 31.7 Å². The largest absolute Gasteiger partial charge is 0.465 e. The first-order valence-corrected chi connectivity index (χ1v) is 10.1. The second-order valence-electron chi connectivity index (χ2n) is 5.96. The Morgan fingerprint density at radius 1 is 1.35 bits per heavy atom. The lowest BCUT2D eigenvalue weighted by atomic mass is 10.2. The predicted octanol–water partition coefficient (Wildman–Crippen LogP) is 2.97. The van der Waals surface area contributed by atoms with E-state index in [0.717, 1.165) is 17.0 Å². The second-order valence-corrected chi connectivity index (χ2v) is 8.64. The number of rotatable bonds is 5. The van der Waals surface area contributed by atoms with Gasteiger partial charge in [0, 0.05) is 23.3 Å². The van der Waals surface area contributed by atoms with Crippen molar-refractivity contribution in [1.82, 2.24) is 14.8 Å². The van der Waals surface area contributed by atoms with Crippen molar-refractivity contribution >= 4 is 43.2 Å². The number of fused-ring (bicyclic) bond motifs is 1. The van der Waals surface area contributed by atoms with Gasteiger partial charge in [-0.3, -0.25) is 9.40 Å². The van der Waals surface area contributed by atoms with Crippen LogP contribution in [0.25, 0.3) is 10.2 Å². The van der Waals surface area contributed by atoms with Gasteiger partial charge in [-0.15, -0.1) is 11.3 Å². The van der Waals surface area contributed by atoms with Gasteiger partial charge in [0.1, 0.15) is 14.6 Å². The van der Waals surface area contributed by atoms with E-state index < -0.39 is 16.0 Å². The number of anilines is 1. The Morgan fingerprint density at radius 3 is 2.69 bits per heavy atom. The summed E-state index contributed by atoms with van der Waals surface area (Å²) in [5, 5.41) is 4.60. The van der Waals surface area contributed by atoms with Gasteiger partial charge in [-0.25, -0.2) is 18.2 Å². The van der Waals surface area contributed by atoms with Crippen LogP contribution in [0, 0.1) is 6.92 Å². The van der Waals surface area contributed by atoms with E-state index in [1.54, 1.807) is 16.8 Å². The van der Waals surface area contributed by atoms with Crippen LogP contribution in [-0.4, -0.2) is 36.3 Å². The van der Waals surface area contributed by atoms with Gasteiger partial charge < -0.3 is 4.74 Å². The Hall–Kier alpha value is -2.46. The molecule has 3 rings (SSSR count). The minimum Gasteiger partial charge on any atom is -0.465 e. The summed E-state index contributed by atoms with van der Waals surface area (Å²) < 4.78 is 34.4. The Morgan fingerprint density at radius 2 is 2.08 bits per heavy atom. The highest BCUT2D eigenvalue weighted by Gasteiger charge is 2.25. The number of nitrogens with one attached hydrogen (secondary N) is 1. The lowest BCUT2D eigenvalue weighted by Crippen LogP contribution is -2.14. The lowest BCUT2D eigenvalue weighted by Gasteiger charge is -2.08. The van der Waals surface area contributed by atoms with Crippen molar-refractivity contribution in [3.63, 3.8) is 0 Å². The molecule has 0 saturated heterocycles. The van der Waals surface area contributed by atoms with Crippen LogP contribution in [-0.2, 0) is 14.8 Å². The number of ether oxygens (including phenoxy) is 1. The number of hydrogen-bond donors (Lipinski definition) is 1. The molecule has 1 N–H and O–H groups in total. The molecule has 3 aromatic rings. The van der Waals surface area contributed by atoms with Crippen molar-refractivity contribution in [2.24, 2.45) is 0 Å². The minimum absolute atomic E-state index is 0.0152. The Bertz CT molecular complexity index is 1080. The highest BCUT2D eigenvalue weighted by Crippen LogP contribution is 2.36. The van der Waals surface area contributed by atoms with Gasteiger partial charge in [-0.2, -0.15) is 5.10 Å². The number of carbonyl (C=O) groups excluding carboxylic acids is 1. The molecule has 0 aliphatic heterocycles. The summed E-state index contributed by atoms with van der Waals surface area (Å²) >= 11 is 1.08. The van der Waals surface area contributed by atoms with E-state index in [9.17, 15) is 13.2 Å². The molecule has 0 radical (unpaired) electrons. The number of hydrogen-bond acceptors (Lipinski definition) is 7. The zero-order valence-corrected chi connectivity index (χ0v) is 16.3. The van der Waals surface area contributed by atoms with Gasteiger partial charge in [0.2, 0.25) is 0 Å². The summed E-state index contributed by atoms with van der Waals surface area (Å²) in [4.78, 5) is 17.2. The molecule has 26 heavy (non-hydrogen) atoms. The number of esters is 1. The minimum atomic E-state index is -3.92. The van der Waals surface area contributed by atoms with Crippen molar-refractivity contribution in [3.05, 3.63) is 35.1 Å². The quantitative estimate of drug-likeness (QED) is 0.667. The average molecular weight is 394 g/mol. The van der Waals surface area contributed by atoms with Crippen molar-refractivity contribution in [3.8, 4) is 0 Å². The van der Waals surface area contributed by atoms with E-state index in [-0.39, 0.29) is 21.5 Å². The van der Waals surface area contributed by atoms with Crippen LogP contribution in [0.1, 0.15) is 35.3 Å². The first kappa shape index (κ1) is 18.3. The second kappa shape index (κ2) is 6.69. The Kier molecular flexibility index (Phi) is 4.72. The van der Waals surface area contributed by atoms with E-state index in [1.807, 2.05) is 20.8 Å². The van der Waals surface area contributed by atoms with Gasteiger partial charge in [0.25, 0.3) is 10.0 Å². The fourth-order valence-corrected chi connectivity index (χ4v) is 4.53. The predicted molar refractivity (Wildman–Crippen MR) is 99.1 cm³/mol. The molecular weight excluding hydrogens is 376 g/mol. The zero-order valence-electron chi connectivity index (χ0n) is 14.7. The van der Waals surface area contributed by atoms with Gasteiger partial charge in [-0.1, -0.05) is 0 Å². The van der Waals surface area contributed by atoms with Gasteiger partial charge in [0.05, 0.1) is 19.0 Å². The first-order valence-electron chi connectivity index (χ1n) is 7.78. The van der Waals surface area contributed by atoms with Gasteiger partial charge in [0.15, 0.2) is 0 Å². The van der Waals surface area contributed by atoms with E-state index in [1.165, 1.54) is 19.5 Å². The molecule has 0 saturated carbocycles. The number of aromatic nitrogens is 3. The van der Waals surface area contributed by atoms with Crippen LogP contribution in [0.15, 0.2) is 29.4 Å². The van der Waals surface area contributed by atoms with Crippen molar-refractivity contribution in [2.75, 3.05) is 11.8 Å². The molecule has 0 aliphatic carbocycles. The Labute approximate surface area is 154 Å². The molecule has 3 aromatic heterocycles. The number of methoxy groups -OCH3 is 1. The highest BCUT2D eigenvalue weighted by atomic mass is 32.2. The molecule has 3 heterocycles. The number of aryl methyl sites for hydroxylation is 1. The first-order chi connectivity index (χ1) is 12.2. The average Bonchev–Trinajstić information content (AvgIpc) is 3.20. The molecule has 0 amide bonds. The molecule has 0 unspecified atom stereocenters. The van der Waals surface area contributed by atoms with E-state index in [2.05, 4.69) is 14.8 Å². The zero-order chi connectivity index (χ0) is 19.1. The van der Waals surface area contributed by atoms with Crippen LogP contribution >= 0.6 is 11.3 Å². The molecule has 8 nitrogen and oxygen atoms in total. The topological polar surface area (TPSA) is 103 Å². The van der Waals surface area contributed by atoms with E-state index in [4.69, 9.17) is 4.74 Å². The third-order valence-corrected chi connectivity index (χ3v) is 6.10. The monoisotopic (exact) mass is 394 g/mol. The summed E-state index contributed by atoms with van der Waals surface area (Å²) in [5.41, 5.74) is 0.935. The molecule has 0 atom stereocenters. The number of sulfonamides is 1. The van der Waals surface area contributed by atoms with Gasteiger partial charge >= 0.3 is 5.97 Å².